The molecular formula is C20H19FN6O. The second kappa shape index (κ2) is 7.99. The molecule has 0 saturated carbocycles. The van der Waals surface area contributed by atoms with Crippen molar-refractivity contribution in [2.24, 2.45) is 0 Å². The summed E-state index contributed by atoms with van der Waals surface area (Å²) in [4.78, 5) is 28.9. The van der Waals surface area contributed by atoms with E-state index in [4.69, 9.17) is 0 Å². The highest BCUT2D eigenvalue weighted by atomic mass is 19.1. The first kappa shape index (κ1) is 17.8. The number of rotatable bonds is 3. The van der Waals surface area contributed by atoms with E-state index in [1.165, 1.54) is 6.07 Å². The van der Waals surface area contributed by atoms with Crippen LogP contribution in [0.5, 0.6) is 0 Å². The van der Waals surface area contributed by atoms with Gasteiger partial charge in [-0.3, -0.25) is 4.98 Å². The van der Waals surface area contributed by atoms with E-state index in [1.807, 2.05) is 4.90 Å². The molecule has 1 aliphatic heterocycles. The molecule has 0 spiro atoms. The standard InChI is InChI=1S/C20H19FN6O/c21-17-6-2-1-5-16(17)18-7-9-23-19(25-18)26-10-12-27(13-11-26)20(28)24-15-4-3-8-22-14-15/h1-9,14H,10-13H2,(H,24,28). The summed E-state index contributed by atoms with van der Waals surface area (Å²) in [7, 11) is 0. The summed E-state index contributed by atoms with van der Waals surface area (Å²) in [6.45, 7) is 2.28. The third kappa shape index (κ3) is 3.90. The Morgan fingerprint density at radius 3 is 2.57 bits per heavy atom. The molecule has 0 unspecified atom stereocenters. The number of nitrogens with zero attached hydrogens (tertiary/aromatic N) is 5. The van der Waals surface area contributed by atoms with Crippen molar-refractivity contribution in [2.75, 3.05) is 36.4 Å². The van der Waals surface area contributed by atoms with Gasteiger partial charge >= 0.3 is 6.03 Å². The number of urea groups is 1. The summed E-state index contributed by atoms with van der Waals surface area (Å²) in [5.41, 5.74) is 1.65. The molecule has 0 bridgehead atoms. The van der Waals surface area contributed by atoms with E-state index < -0.39 is 0 Å². The van der Waals surface area contributed by atoms with E-state index in [9.17, 15) is 9.18 Å². The molecule has 28 heavy (non-hydrogen) atoms. The van der Waals surface area contributed by atoms with Crippen LogP contribution in [0.25, 0.3) is 11.3 Å². The molecule has 4 rings (SSSR count). The zero-order valence-corrected chi connectivity index (χ0v) is 15.1. The van der Waals surface area contributed by atoms with Gasteiger partial charge in [0, 0.05) is 44.1 Å². The molecule has 1 saturated heterocycles. The summed E-state index contributed by atoms with van der Waals surface area (Å²) in [5.74, 6) is 0.220. The fraction of sp³-hybridized carbons (Fsp3) is 0.200. The minimum atomic E-state index is -0.316. The molecule has 1 aliphatic rings. The van der Waals surface area contributed by atoms with Crippen LogP contribution in [0, 0.1) is 5.82 Å². The number of hydrogen-bond donors (Lipinski definition) is 1. The molecule has 7 nitrogen and oxygen atoms in total. The summed E-state index contributed by atoms with van der Waals surface area (Å²) in [5, 5.41) is 2.84. The highest BCUT2D eigenvalue weighted by Gasteiger charge is 2.23. The lowest BCUT2D eigenvalue weighted by molar-refractivity contribution is 0.208. The number of carbonyl (C=O) groups is 1. The first-order valence-corrected chi connectivity index (χ1v) is 8.99. The minimum absolute atomic E-state index is 0.159. The van der Waals surface area contributed by atoms with Crippen LogP contribution in [0.15, 0.2) is 61.1 Å². The van der Waals surface area contributed by atoms with Gasteiger partial charge in [0.2, 0.25) is 5.95 Å². The maximum absolute atomic E-state index is 14.0. The quantitative estimate of drug-likeness (QED) is 0.758. The van der Waals surface area contributed by atoms with Gasteiger partial charge in [-0.25, -0.2) is 19.2 Å². The Balaban J connectivity index is 1.41. The van der Waals surface area contributed by atoms with Crippen LogP contribution in [0.1, 0.15) is 0 Å². The van der Waals surface area contributed by atoms with Crippen LogP contribution in [-0.2, 0) is 0 Å². The number of anilines is 2. The van der Waals surface area contributed by atoms with Crippen LogP contribution in [0.4, 0.5) is 20.8 Å². The SMILES string of the molecule is O=C(Nc1cccnc1)N1CCN(c2nccc(-c3ccccc3F)n2)CC1. The number of carbonyl (C=O) groups excluding carboxylic acids is 1. The maximum atomic E-state index is 14.0. The smallest absolute Gasteiger partial charge is 0.322 e. The number of aromatic nitrogens is 3. The second-order valence-electron chi connectivity index (χ2n) is 6.37. The Morgan fingerprint density at radius 2 is 1.82 bits per heavy atom. The monoisotopic (exact) mass is 378 g/mol. The number of nitrogens with one attached hydrogen (secondary N) is 1. The molecule has 2 aromatic heterocycles. The highest BCUT2D eigenvalue weighted by Crippen LogP contribution is 2.22. The van der Waals surface area contributed by atoms with Crippen molar-refractivity contribution < 1.29 is 9.18 Å². The van der Waals surface area contributed by atoms with E-state index in [0.717, 1.165) is 0 Å². The van der Waals surface area contributed by atoms with Gasteiger partial charge in [-0.1, -0.05) is 12.1 Å². The topological polar surface area (TPSA) is 74.2 Å². The molecule has 0 aliphatic carbocycles. The molecule has 0 radical (unpaired) electrons. The summed E-state index contributed by atoms with van der Waals surface area (Å²) >= 11 is 0. The molecule has 142 valence electrons. The molecule has 3 heterocycles. The van der Waals surface area contributed by atoms with E-state index >= 15 is 0 Å². The fourth-order valence-corrected chi connectivity index (χ4v) is 3.07. The van der Waals surface area contributed by atoms with Gasteiger partial charge < -0.3 is 15.1 Å². The van der Waals surface area contributed by atoms with Crippen molar-refractivity contribution in [3.05, 3.63) is 66.9 Å². The summed E-state index contributed by atoms with van der Waals surface area (Å²) < 4.78 is 14.0. The van der Waals surface area contributed by atoms with Gasteiger partial charge in [-0.2, -0.15) is 0 Å². The lowest BCUT2D eigenvalue weighted by Gasteiger charge is -2.34. The lowest BCUT2D eigenvalue weighted by atomic mass is 10.1. The molecule has 0 atom stereocenters. The average molecular weight is 378 g/mol. The van der Waals surface area contributed by atoms with Gasteiger partial charge in [0.05, 0.1) is 17.6 Å². The zero-order chi connectivity index (χ0) is 19.3. The Morgan fingerprint density at radius 1 is 1.00 bits per heavy atom. The minimum Gasteiger partial charge on any atom is -0.337 e. The highest BCUT2D eigenvalue weighted by molar-refractivity contribution is 5.89. The van der Waals surface area contributed by atoms with Crippen LogP contribution in [0.3, 0.4) is 0 Å². The molecule has 2 amide bonds. The number of hydrogen-bond acceptors (Lipinski definition) is 5. The van der Waals surface area contributed by atoms with Crippen molar-refractivity contribution >= 4 is 17.7 Å². The number of amides is 2. The van der Waals surface area contributed by atoms with Gasteiger partial charge in [0.25, 0.3) is 0 Å². The van der Waals surface area contributed by atoms with E-state index in [-0.39, 0.29) is 11.8 Å². The first-order chi connectivity index (χ1) is 13.7. The largest absolute Gasteiger partial charge is 0.337 e. The van der Waals surface area contributed by atoms with Gasteiger partial charge in [0.15, 0.2) is 0 Å². The zero-order valence-electron chi connectivity index (χ0n) is 15.1. The Labute approximate surface area is 161 Å². The third-order valence-electron chi connectivity index (χ3n) is 4.56. The summed E-state index contributed by atoms with van der Waals surface area (Å²) in [6.07, 6.45) is 4.89. The fourth-order valence-electron chi connectivity index (χ4n) is 3.07. The number of pyridine rings is 1. The van der Waals surface area contributed by atoms with Crippen molar-refractivity contribution in [1.29, 1.82) is 0 Å². The van der Waals surface area contributed by atoms with Gasteiger partial charge in [0.1, 0.15) is 5.82 Å². The van der Waals surface area contributed by atoms with Crippen LogP contribution in [0.2, 0.25) is 0 Å². The van der Waals surface area contributed by atoms with Crippen molar-refractivity contribution in [1.82, 2.24) is 19.9 Å². The average Bonchev–Trinajstić information content (AvgIpc) is 2.75. The first-order valence-electron chi connectivity index (χ1n) is 8.99. The van der Waals surface area contributed by atoms with E-state index in [1.54, 1.807) is 59.9 Å². The van der Waals surface area contributed by atoms with E-state index in [2.05, 4.69) is 20.3 Å². The van der Waals surface area contributed by atoms with Crippen molar-refractivity contribution in [3.63, 3.8) is 0 Å². The predicted octanol–water partition coefficient (Wildman–Crippen LogP) is 3.03. The summed E-state index contributed by atoms with van der Waals surface area (Å²) in [6, 6.07) is 11.6. The van der Waals surface area contributed by atoms with Gasteiger partial charge in [-0.05, 0) is 30.3 Å². The van der Waals surface area contributed by atoms with Gasteiger partial charge in [-0.15, -0.1) is 0 Å². The molecular weight excluding hydrogens is 359 g/mol. The van der Waals surface area contributed by atoms with Crippen LogP contribution in [-0.4, -0.2) is 52.1 Å². The molecule has 1 aromatic carbocycles. The number of benzene rings is 1. The van der Waals surface area contributed by atoms with E-state index in [0.29, 0.717) is 49.1 Å². The Bertz CT molecular complexity index is 960. The van der Waals surface area contributed by atoms with Crippen molar-refractivity contribution in [2.45, 2.75) is 0 Å². The maximum Gasteiger partial charge on any atom is 0.322 e. The van der Waals surface area contributed by atoms with Crippen LogP contribution >= 0.6 is 0 Å². The third-order valence-corrected chi connectivity index (χ3v) is 4.56. The Hall–Kier alpha value is -3.55. The number of halogens is 1. The molecule has 8 heteroatoms. The normalized spacial score (nSPS) is 14.0. The predicted molar refractivity (Wildman–Crippen MR) is 104 cm³/mol. The molecule has 1 fully saturated rings. The van der Waals surface area contributed by atoms with Crippen molar-refractivity contribution in [3.8, 4) is 11.3 Å². The number of piperazine rings is 1. The second-order valence-corrected chi connectivity index (χ2v) is 6.37. The molecule has 3 aromatic rings. The lowest BCUT2D eigenvalue weighted by Crippen LogP contribution is -2.50. The molecule has 1 N–H and O–H groups in total. The van der Waals surface area contributed by atoms with Crippen LogP contribution < -0.4 is 10.2 Å². The Kier molecular flexibility index (Phi) is 5.09.